The van der Waals surface area contributed by atoms with Gasteiger partial charge in [-0.15, -0.1) is 10.1 Å². The predicted molar refractivity (Wildman–Crippen MR) is 82.2 cm³/mol. The van der Waals surface area contributed by atoms with Crippen LogP contribution in [0.1, 0.15) is 38.5 Å². The van der Waals surface area contributed by atoms with Crippen LogP contribution in [0.4, 0.5) is 0 Å². The van der Waals surface area contributed by atoms with E-state index in [4.69, 9.17) is 0 Å². The van der Waals surface area contributed by atoms with Gasteiger partial charge in [0, 0.05) is 25.7 Å². The average molecular weight is 404 g/mol. The second kappa shape index (κ2) is 8.24. The zero-order chi connectivity index (χ0) is 20.2. The van der Waals surface area contributed by atoms with Gasteiger partial charge in [0.1, 0.15) is 0 Å². The molecule has 2 aliphatic heterocycles. The predicted octanol–water partition coefficient (Wildman–Crippen LogP) is -1.60. The Labute approximate surface area is 153 Å². The summed E-state index contributed by atoms with van der Waals surface area (Å²) >= 11 is 0. The molecule has 4 amide bonds. The molecule has 0 saturated carbocycles. The van der Waals surface area contributed by atoms with Crippen molar-refractivity contribution < 1.29 is 46.9 Å². The van der Waals surface area contributed by atoms with Crippen LogP contribution in [0.15, 0.2) is 0 Å². The van der Waals surface area contributed by atoms with Gasteiger partial charge in [0.25, 0.3) is 23.6 Å². The Hall–Kier alpha value is -2.83. The molecule has 2 aliphatic rings. The van der Waals surface area contributed by atoms with Gasteiger partial charge in [-0.3, -0.25) is 19.2 Å². The van der Waals surface area contributed by atoms with Crippen LogP contribution >= 0.6 is 0 Å². The highest BCUT2D eigenvalue weighted by atomic mass is 32.2. The Balaban J connectivity index is 1.74. The van der Waals surface area contributed by atoms with Gasteiger partial charge in [-0.2, -0.15) is 0 Å². The summed E-state index contributed by atoms with van der Waals surface area (Å²) in [5.74, 6) is -6.30. The smallest absolute Gasteiger partial charge is 0.330 e. The van der Waals surface area contributed by atoms with Gasteiger partial charge in [0.05, 0.1) is 24.3 Å². The van der Waals surface area contributed by atoms with Gasteiger partial charge >= 0.3 is 11.9 Å². The van der Waals surface area contributed by atoms with Crippen molar-refractivity contribution in [1.29, 1.82) is 0 Å². The van der Waals surface area contributed by atoms with Crippen molar-refractivity contribution in [2.45, 2.75) is 38.5 Å². The molecule has 0 atom stereocenters. The number of carbonyl (C=O) groups is 6. The van der Waals surface area contributed by atoms with Crippen molar-refractivity contribution in [3.05, 3.63) is 0 Å². The van der Waals surface area contributed by atoms with E-state index in [2.05, 4.69) is 9.68 Å². The van der Waals surface area contributed by atoms with Gasteiger partial charge in [0.15, 0.2) is 9.84 Å². The number of carbonyl (C=O) groups excluding carboxylic acids is 6. The Bertz CT molecular complexity index is 711. The van der Waals surface area contributed by atoms with Crippen LogP contribution in [-0.2, 0) is 48.3 Å². The van der Waals surface area contributed by atoms with E-state index in [0.717, 1.165) is 0 Å². The summed E-state index contributed by atoms with van der Waals surface area (Å²) in [4.78, 5) is 77.4. The standard InChI is InChI=1S/C14H16N2O10S/c17-9-1-2-10(18)15(9)25-13(21)5-7-27(23,24)8-6-14(22)26-16-11(19)3-4-12(16)20/h1-8H2. The molecule has 13 heteroatoms. The molecule has 0 bridgehead atoms. The van der Waals surface area contributed by atoms with Crippen LogP contribution in [0.5, 0.6) is 0 Å². The van der Waals surface area contributed by atoms with Crippen LogP contribution in [-0.4, -0.2) is 65.6 Å². The Morgan fingerprint density at radius 3 is 1.30 bits per heavy atom. The first-order valence-corrected chi connectivity index (χ1v) is 9.75. The third kappa shape index (κ3) is 5.57. The number of rotatable bonds is 8. The third-order valence-electron chi connectivity index (χ3n) is 3.63. The van der Waals surface area contributed by atoms with E-state index >= 15 is 0 Å². The fraction of sp³-hybridized carbons (Fsp3) is 0.571. The number of amides is 4. The molecule has 148 valence electrons. The van der Waals surface area contributed by atoms with Crippen molar-refractivity contribution in [2.75, 3.05) is 11.5 Å². The highest BCUT2D eigenvalue weighted by Gasteiger charge is 2.34. The Morgan fingerprint density at radius 2 is 1.00 bits per heavy atom. The lowest BCUT2D eigenvalue weighted by atomic mass is 10.4. The number of hydroxylamine groups is 4. The second-order valence-corrected chi connectivity index (χ2v) is 8.05. The third-order valence-corrected chi connectivity index (χ3v) is 5.28. The van der Waals surface area contributed by atoms with Crippen LogP contribution in [0.2, 0.25) is 0 Å². The summed E-state index contributed by atoms with van der Waals surface area (Å²) in [6.45, 7) is 0. The van der Waals surface area contributed by atoms with Crippen LogP contribution in [0.3, 0.4) is 0 Å². The highest BCUT2D eigenvalue weighted by Crippen LogP contribution is 2.14. The van der Waals surface area contributed by atoms with E-state index in [0.29, 0.717) is 10.1 Å². The first-order chi connectivity index (χ1) is 12.6. The van der Waals surface area contributed by atoms with Gasteiger partial charge in [0.2, 0.25) is 0 Å². The zero-order valence-corrected chi connectivity index (χ0v) is 14.9. The second-order valence-electron chi connectivity index (χ2n) is 5.74. The van der Waals surface area contributed by atoms with E-state index in [1.807, 2.05) is 0 Å². The molecule has 2 fully saturated rings. The summed E-state index contributed by atoms with van der Waals surface area (Å²) in [5, 5.41) is 0.604. The molecule has 0 aromatic heterocycles. The van der Waals surface area contributed by atoms with Gasteiger partial charge in [-0.25, -0.2) is 18.0 Å². The molecule has 0 N–H and O–H groups in total. The molecule has 2 saturated heterocycles. The van der Waals surface area contributed by atoms with Crippen LogP contribution in [0.25, 0.3) is 0 Å². The molecular formula is C14H16N2O10S. The minimum Gasteiger partial charge on any atom is -0.330 e. The minimum absolute atomic E-state index is 0.0887. The Kier molecular flexibility index (Phi) is 6.25. The molecule has 0 aromatic carbocycles. The maximum Gasteiger partial charge on any atom is 0.334 e. The van der Waals surface area contributed by atoms with E-state index in [-0.39, 0.29) is 25.7 Å². The minimum atomic E-state index is -3.87. The maximum atomic E-state index is 11.9. The summed E-state index contributed by atoms with van der Waals surface area (Å²) in [6.07, 6.45) is -1.61. The molecule has 2 rings (SSSR count). The van der Waals surface area contributed by atoms with Crippen molar-refractivity contribution in [1.82, 2.24) is 10.1 Å². The maximum absolute atomic E-state index is 11.9. The highest BCUT2D eigenvalue weighted by molar-refractivity contribution is 7.91. The largest absolute Gasteiger partial charge is 0.334 e. The summed E-state index contributed by atoms with van der Waals surface area (Å²) < 4.78 is 23.7. The number of nitrogens with zero attached hydrogens (tertiary/aromatic N) is 2. The molecule has 0 aromatic rings. The first-order valence-electron chi connectivity index (χ1n) is 7.92. The van der Waals surface area contributed by atoms with E-state index in [1.54, 1.807) is 0 Å². The Morgan fingerprint density at radius 1 is 0.704 bits per heavy atom. The van der Waals surface area contributed by atoms with Gasteiger partial charge in [-0.05, 0) is 0 Å². The van der Waals surface area contributed by atoms with Crippen molar-refractivity contribution in [3.63, 3.8) is 0 Å². The quantitative estimate of drug-likeness (QED) is 0.430. The van der Waals surface area contributed by atoms with E-state index in [1.165, 1.54) is 0 Å². The normalized spacial score (nSPS) is 17.6. The van der Waals surface area contributed by atoms with Gasteiger partial charge < -0.3 is 9.68 Å². The van der Waals surface area contributed by atoms with Crippen LogP contribution < -0.4 is 0 Å². The average Bonchev–Trinajstić information content (AvgIpc) is 3.08. The summed E-state index contributed by atoms with van der Waals surface area (Å²) in [6, 6.07) is 0. The summed E-state index contributed by atoms with van der Waals surface area (Å²) in [7, 11) is -3.87. The molecular weight excluding hydrogens is 388 g/mol. The first kappa shape index (κ1) is 20.5. The fourth-order valence-corrected chi connectivity index (χ4v) is 3.35. The number of imide groups is 2. The zero-order valence-electron chi connectivity index (χ0n) is 14.0. The molecule has 0 radical (unpaired) electrons. The lowest BCUT2D eigenvalue weighted by Crippen LogP contribution is -2.33. The molecule has 12 nitrogen and oxygen atoms in total. The van der Waals surface area contributed by atoms with Gasteiger partial charge in [-0.1, -0.05) is 0 Å². The van der Waals surface area contributed by atoms with E-state index < -0.39 is 69.8 Å². The molecule has 2 heterocycles. The molecule has 0 aliphatic carbocycles. The molecule has 0 unspecified atom stereocenters. The molecule has 27 heavy (non-hydrogen) atoms. The monoisotopic (exact) mass is 404 g/mol. The number of hydrogen-bond donors (Lipinski definition) is 0. The molecule has 0 spiro atoms. The fourth-order valence-electron chi connectivity index (χ4n) is 2.19. The number of hydrogen-bond acceptors (Lipinski definition) is 10. The van der Waals surface area contributed by atoms with Crippen molar-refractivity contribution in [3.8, 4) is 0 Å². The topological polar surface area (TPSA) is 161 Å². The number of sulfone groups is 1. The summed E-state index contributed by atoms with van der Waals surface area (Å²) in [5.41, 5.74) is 0. The van der Waals surface area contributed by atoms with E-state index in [9.17, 15) is 37.2 Å². The SMILES string of the molecule is O=C(CCS(=O)(=O)CCC(=O)ON1C(=O)CCC1=O)ON1C(=O)CCC1=O. The van der Waals surface area contributed by atoms with Crippen molar-refractivity contribution >= 4 is 45.4 Å². The van der Waals surface area contributed by atoms with Crippen LogP contribution in [0, 0.1) is 0 Å². The lowest BCUT2D eigenvalue weighted by molar-refractivity contribution is -0.197. The van der Waals surface area contributed by atoms with Crippen molar-refractivity contribution in [2.24, 2.45) is 0 Å². The lowest BCUT2D eigenvalue weighted by Gasteiger charge is -2.13.